The number of hydrogen-bond donors (Lipinski definition) is 1. The number of fused-ring (bicyclic) bond motifs is 1. The molecule has 2 aromatic carbocycles. The summed E-state index contributed by atoms with van der Waals surface area (Å²) in [7, 11) is 0. The molecular formula is C16H14BrNO. The Morgan fingerprint density at radius 3 is 2.79 bits per heavy atom. The van der Waals surface area contributed by atoms with E-state index < -0.39 is 0 Å². The molecule has 0 aliphatic carbocycles. The molecule has 1 amide bonds. The number of halogens is 1. The van der Waals surface area contributed by atoms with Crippen LogP contribution in [-0.2, 0) is 11.2 Å². The molecule has 1 unspecified atom stereocenters. The van der Waals surface area contributed by atoms with Gasteiger partial charge in [-0.3, -0.25) is 4.79 Å². The van der Waals surface area contributed by atoms with Crippen LogP contribution < -0.4 is 5.32 Å². The third kappa shape index (κ3) is 2.30. The lowest BCUT2D eigenvalue weighted by molar-refractivity contribution is -0.115. The molecule has 2 nitrogen and oxygen atoms in total. The number of rotatable bonds is 2. The first-order valence-corrected chi connectivity index (χ1v) is 7.19. The first-order chi connectivity index (χ1) is 9.15. The highest BCUT2D eigenvalue weighted by atomic mass is 79.9. The molecule has 96 valence electrons. The van der Waals surface area contributed by atoms with Gasteiger partial charge in [-0.1, -0.05) is 52.3 Å². The smallest absolute Gasteiger partial charge is 0.228 e. The second-order valence-electron chi connectivity index (χ2n) is 4.86. The predicted octanol–water partition coefficient (Wildman–Crippen LogP) is 3.97. The van der Waals surface area contributed by atoms with E-state index in [2.05, 4.69) is 58.5 Å². The maximum absolute atomic E-state index is 11.4. The number of amides is 1. The molecule has 0 bridgehead atoms. The van der Waals surface area contributed by atoms with Crippen LogP contribution in [0.3, 0.4) is 0 Å². The lowest BCUT2D eigenvalue weighted by Crippen LogP contribution is -2.03. The molecule has 3 rings (SSSR count). The van der Waals surface area contributed by atoms with Crippen LogP contribution in [0, 0.1) is 6.92 Å². The van der Waals surface area contributed by atoms with Gasteiger partial charge < -0.3 is 5.32 Å². The van der Waals surface area contributed by atoms with Gasteiger partial charge in [0.2, 0.25) is 5.91 Å². The van der Waals surface area contributed by atoms with Crippen molar-refractivity contribution >= 4 is 27.5 Å². The van der Waals surface area contributed by atoms with Crippen molar-refractivity contribution in [2.75, 3.05) is 5.32 Å². The first kappa shape index (κ1) is 12.4. The number of alkyl halides is 1. The second kappa shape index (κ2) is 4.82. The van der Waals surface area contributed by atoms with Crippen LogP contribution >= 0.6 is 15.9 Å². The van der Waals surface area contributed by atoms with Crippen LogP contribution in [0.4, 0.5) is 5.69 Å². The zero-order valence-electron chi connectivity index (χ0n) is 10.6. The molecule has 0 fully saturated rings. The Balaban J connectivity index is 1.97. The van der Waals surface area contributed by atoms with Gasteiger partial charge in [0.25, 0.3) is 0 Å². The molecule has 0 saturated heterocycles. The van der Waals surface area contributed by atoms with E-state index >= 15 is 0 Å². The minimum Gasteiger partial charge on any atom is -0.326 e. The zero-order valence-corrected chi connectivity index (χ0v) is 12.2. The van der Waals surface area contributed by atoms with Crippen LogP contribution in [-0.4, -0.2) is 5.91 Å². The van der Waals surface area contributed by atoms with Gasteiger partial charge in [-0.2, -0.15) is 0 Å². The Bertz CT molecular complexity index is 651. The lowest BCUT2D eigenvalue weighted by atomic mass is 9.98. The summed E-state index contributed by atoms with van der Waals surface area (Å²) in [6.45, 7) is 2.11. The zero-order chi connectivity index (χ0) is 13.4. The van der Waals surface area contributed by atoms with E-state index in [1.165, 1.54) is 16.7 Å². The van der Waals surface area contributed by atoms with Gasteiger partial charge in [0.1, 0.15) is 0 Å². The maximum Gasteiger partial charge on any atom is 0.228 e. The van der Waals surface area contributed by atoms with E-state index in [-0.39, 0.29) is 10.7 Å². The van der Waals surface area contributed by atoms with Gasteiger partial charge in [0.15, 0.2) is 0 Å². The largest absolute Gasteiger partial charge is 0.326 e. The Morgan fingerprint density at radius 2 is 2.00 bits per heavy atom. The van der Waals surface area contributed by atoms with E-state index in [4.69, 9.17) is 0 Å². The number of hydrogen-bond acceptors (Lipinski definition) is 1. The Labute approximate surface area is 121 Å². The standard InChI is InChI=1S/C16H14BrNO/c1-10-4-2-3-5-13(10)16(17)11-6-7-14-12(8-11)9-15(19)18-14/h2-8,16H,9H2,1H3,(H,18,19). The van der Waals surface area contributed by atoms with Gasteiger partial charge in [0, 0.05) is 5.69 Å². The van der Waals surface area contributed by atoms with Crippen molar-refractivity contribution in [3.63, 3.8) is 0 Å². The normalized spacial score (nSPS) is 14.9. The first-order valence-electron chi connectivity index (χ1n) is 6.27. The number of benzene rings is 2. The topological polar surface area (TPSA) is 29.1 Å². The number of anilines is 1. The average molecular weight is 316 g/mol. The third-order valence-electron chi connectivity index (χ3n) is 3.51. The van der Waals surface area contributed by atoms with Crippen LogP contribution in [0.25, 0.3) is 0 Å². The van der Waals surface area contributed by atoms with Gasteiger partial charge in [-0.15, -0.1) is 0 Å². The highest BCUT2D eigenvalue weighted by molar-refractivity contribution is 9.09. The fourth-order valence-electron chi connectivity index (χ4n) is 2.46. The second-order valence-corrected chi connectivity index (χ2v) is 5.78. The average Bonchev–Trinajstić information content (AvgIpc) is 2.77. The third-order valence-corrected chi connectivity index (χ3v) is 4.53. The van der Waals surface area contributed by atoms with Gasteiger partial charge >= 0.3 is 0 Å². The summed E-state index contributed by atoms with van der Waals surface area (Å²) in [6.07, 6.45) is 0.483. The van der Waals surface area contributed by atoms with Crippen molar-refractivity contribution in [3.8, 4) is 0 Å². The minimum atomic E-state index is 0.0779. The maximum atomic E-state index is 11.4. The monoisotopic (exact) mass is 315 g/mol. The van der Waals surface area contributed by atoms with E-state index in [9.17, 15) is 4.79 Å². The summed E-state index contributed by atoms with van der Waals surface area (Å²) in [5.41, 5.74) is 5.74. The summed E-state index contributed by atoms with van der Waals surface area (Å²) in [5, 5.41) is 2.86. The number of nitrogens with one attached hydrogen (secondary N) is 1. The van der Waals surface area contributed by atoms with Crippen molar-refractivity contribution in [2.45, 2.75) is 18.2 Å². The molecule has 1 aliphatic rings. The van der Waals surface area contributed by atoms with E-state index in [1.54, 1.807) is 0 Å². The SMILES string of the molecule is Cc1ccccc1C(Br)c1ccc2c(c1)CC(=O)N2. The van der Waals surface area contributed by atoms with Crippen molar-refractivity contribution in [1.82, 2.24) is 0 Å². The molecule has 0 saturated carbocycles. The van der Waals surface area contributed by atoms with Gasteiger partial charge in [0.05, 0.1) is 11.2 Å². The highest BCUT2D eigenvalue weighted by Crippen LogP contribution is 2.35. The van der Waals surface area contributed by atoms with Gasteiger partial charge in [-0.25, -0.2) is 0 Å². The van der Waals surface area contributed by atoms with Crippen LogP contribution in [0.15, 0.2) is 42.5 Å². The quantitative estimate of drug-likeness (QED) is 0.835. The number of carbonyl (C=O) groups excluding carboxylic acids is 1. The Hall–Kier alpha value is -1.61. The summed E-state index contributed by atoms with van der Waals surface area (Å²) in [5.74, 6) is 0.0779. The minimum absolute atomic E-state index is 0.0779. The lowest BCUT2D eigenvalue weighted by Gasteiger charge is -2.14. The molecule has 1 atom stereocenters. The van der Waals surface area contributed by atoms with Crippen molar-refractivity contribution < 1.29 is 4.79 Å². The highest BCUT2D eigenvalue weighted by Gasteiger charge is 2.20. The van der Waals surface area contributed by atoms with Crippen LogP contribution in [0.2, 0.25) is 0 Å². The molecule has 19 heavy (non-hydrogen) atoms. The van der Waals surface area contributed by atoms with Crippen molar-refractivity contribution in [2.24, 2.45) is 0 Å². The fraction of sp³-hybridized carbons (Fsp3) is 0.188. The fourth-order valence-corrected chi connectivity index (χ4v) is 3.26. The van der Waals surface area contributed by atoms with Crippen molar-refractivity contribution in [3.05, 3.63) is 64.7 Å². The molecule has 2 aromatic rings. The van der Waals surface area contributed by atoms with Crippen LogP contribution in [0.1, 0.15) is 27.1 Å². The molecule has 1 heterocycles. The predicted molar refractivity (Wildman–Crippen MR) is 80.7 cm³/mol. The molecule has 1 N–H and O–H groups in total. The summed E-state index contributed by atoms with van der Waals surface area (Å²) in [4.78, 5) is 11.5. The van der Waals surface area contributed by atoms with E-state index in [1.807, 2.05) is 12.1 Å². The van der Waals surface area contributed by atoms with E-state index in [0.717, 1.165) is 11.3 Å². The molecule has 0 aromatic heterocycles. The van der Waals surface area contributed by atoms with Gasteiger partial charge in [-0.05, 0) is 35.2 Å². The Kier molecular flexibility index (Phi) is 3.15. The molecule has 3 heteroatoms. The Morgan fingerprint density at radius 1 is 1.21 bits per heavy atom. The molecular weight excluding hydrogens is 302 g/mol. The van der Waals surface area contributed by atoms with E-state index in [0.29, 0.717) is 6.42 Å². The summed E-state index contributed by atoms with van der Waals surface area (Å²) >= 11 is 3.76. The molecule has 1 aliphatic heterocycles. The van der Waals surface area contributed by atoms with Crippen molar-refractivity contribution in [1.29, 1.82) is 0 Å². The summed E-state index contributed by atoms with van der Waals surface area (Å²) < 4.78 is 0. The van der Waals surface area contributed by atoms with Crippen LogP contribution in [0.5, 0.6) is 0 Å². The summed E-state index contributed by atoms with van der Waals surface area (Å²) in [6, 6.07) is 14.5. The number of carbonyl (C=O) groups is 1. The number of aryl methyl sites for hydroxylation is 1. The molecule has 0 radical (unpaired) electrons. The molecule has 0 spiro atoms.